The molecule has 0 radical (unpaired) electrons. The van der Waals surface area contributed by atoms with E-state index < -0.39 is 11.7 Å². The lowest BCUT2D eigenvalue weighted by molar-refractivity contribution is -0.137. The highest BCUT2D eigenvalue weighted by molar-refractivity contribution is 8.00. The van der Waals surface area contributed by atoms with E-state index in [-0.39, 0.29) is 16.7 Å². The molecule has 0 bridgehead atoms. The normalized spacial score (nSPS) is 11.7. The molecule has 0 fully saturated rings. The van der Waals surface area contributed by atoms with E-state index in [9.17, 15) is 18.0 Å². The fourth-order valence-electron chi connectivity index (χ4n) is 2.05. The van der Waals surface area contributed by atoms with Crippen LogP contribution in [0.5, 0.6) is 0 Å². The molecule has 0 spiro atoms. The zero-order chi connectivity index (χ0) is 18.0. The van der Waals surface area contributed by atoms with Crippen LogP contribution in [-0.2, 0) is 11.0 Å². The molecule has 3 rings (SSSR count). The Morgan fingerprint density at radius 2 is 2.04 bits per heavy atom. The monoisotopic (exact) mass is 403 g/mol. The first-order valence-electron chi connectivity index (χ1n) is 6.85. The van der Waals surface area contributed by atoms with Gasteiger partial charge in [-0.25, -0.2) is 0 Å². The number of nitrogens with one attached hydrogen (secondary N) is 1. The van der Waals surface area contributed by atoms with Gasteiger partial charge >= 0.3 is 6.18 Å². The SMILES string of the molecule is O=C(CSc1ccc(Cl)c(C(F)(F)F)c1)Nc1cccc2nsnc12. The highest BCUT2D eigenvalue weighted by Crippen LogP contribution is 2.37. The molecule has 4 nitrogen and oxygen atoms in total. The maximum atomic E-state index is 12.8. The highest BCUT2D eigenvalue weighted by atomic mass is 35.5. The molecule has 25 heavy (non-hydrogen) atoms. The van der Waals surface area contributed by atoms with E-state index in [2.05, 4.69) is 14.1 Å². The van der Waals surface area contributed by atoms with Gasteiger partial charge in [-0.3, -0.25) is 4.79 Å². The topological polar surface area (TPSA) is 54.9 Å². The molecular formula is C15H9ClF3N3OS2. The van der Waals surface area contributed by atoms with Gasteiger partial charge in [0.25, 0.3) is 0 Å². The molecule has 2 aromatic carbocycles. The summed E-state index contributed by atoms with van der Waals surface area (Å²) >= 11 is 7.60. The molecule has 0 aliphatic rings. The van der Waals surface area contributed by atoms with Crippen molar-refractivity contribution in [3.63, 3.8) is 0 Å². The van der Waals surface area contributed by atoms with Crippen LogP contribution in [0.15, 0.2) is 41.3 Å². The van der Waals surface area contributed by atoms with Crippen LogP contribution in [0.2, 0.25) is 5.02 Å². The molecule has 0 saturated heterocycles. The molecule has 1 amide bonds. The summed E-state index contributed by atoms with van der Waals surface area (Å²) in [5.74, 6) is -0.401. The van der Waals surface area contributed by atoms with Crippen LogP contribution in [0.3, 0.4) is 0 Å². The number of hydrogen-bond donors (Lipinski definition) is 1. The van der Waals surface area contributed by atoms with E-state index in [1.165, 1.54) is 12.1 Å². The fraction of sp³-hybridized carbons (Fsp3) is 0.133. The summed E-state index contributed by atoms with van der Waals surface area (Å²) in [7, 11) is 0. The third kappa shape index (κ3) is 4.23. The van der Waals surface area contributed by atoms with Gasteiger partial charge in [-0.1, -0.05) is 17.7 Å². The number of thioether (sulfide) groups is 1. The van der Waals surface area contributed by atoms with Gasteiger partial charge in [0.15, 0.2) is 0 Å². The van der Waals surface area contributed by atoms with Crippen LogP contribution >= 0.6 is 35.1 Å². The summed E-state index contributed by atoms with van der Waals surface area (Å²) in [5.41, 5.74) is 0.849. The van der Waals surface area contributed by atoms with Crippen molar-refractivity contribution in [3.8, 4) is 0 Å². The van der Waals surface area contributed by atoms with Crippen LogP contribution in [-0.4, -0.2) is 20.4 Å². The molecule has 130 valence electrons. The van der Waals surface area contributed by atoms with Gasteiger partial charge in [0, 0.05) is 4.90 Å². The molecule has 10 heteroatoms. The van der Waals surface area contributed by atoms with E-state index >= 15 is 0 Å². The van der Waals surface area contributed by atoms with Crippen molar-refractivity contribution in [3.05, 3.63) is 47.0 Å². The predicted molar refractivity (Wildman–Crippen MR) is 93.2 cm³/mol. The minimum Gasteiger partial charge on any atom is -0.323 e. The Labute approximate surface area is 153 Å². The van der Waals surface area contributed by atoms with Gasteiger partial charge in [0.2, 0.25) is 5.91 Å². The average molecular weight is 404 g/mol. The molecule has 1 heterocycles. The van der Waals surface area contributed by atoms with E-state index in [1.807, 2.05) is 0 Å². The van der Waals surface area contributed by atoms with E-state index in [0.29, 0.717) is 21.6 Å². The number of amides is 1. The molecule has 1 aromatic heterocycles. The molecule has 0 unspecified atom stereocenters. The molecule has 0 aliphatic heterocycles. The number of halogens is 4. The fourth-order valence-corrected chi connectivity index (χ4v) is 3.56. The van der Waals surface area contributed by atoms with Crippen molar-refractivity contribution in [2.45, 2.75) is 11.1 Å². The Bertz CT molecular complexity index is 930. The lowest BCUT2D eigenvalue weighted by Crippen LogP contribution is -2.14. The van der Waals surface area contributed by atoms with Gasteiger partial charge in [0.05, 0.1) is 33.8 Å². The van der Waals surface area contributed by atoms with E-state index in [1.54, 1.807) is 18.2 Å². The maximum absolute atomic E-state index is 12.8. The minimum absolute atomic E-state index is 0.0487. The number of benzene rings is 2. The van der Waals surface area contributed by atoms with Gasteiger partial charge in [-0.05, 0) is 30.3 Å². The summed E-state index contributed by atoms with van der Waals surface area (Å²) < 4.78 is 46.7. The third-order valence-electron chi connectivity index (χ3n) is 3.17. The third-order valence-corrected chi connectivity index (χ3v) is 5.04. The Morgan fingerprint density at radius 3 is 2.80 bits per heavy atom. The Morgan fingerprint density at radius 1 is 1.24 bits per heavy atom. The number of carbonyl (C=O) groups is 1. The zero-order valence-corrected chi connectivity index (χ0v) is 14.7. The van der Waals surface area contributed by atoms with Crippen molar-refractivity contribution >= 4 is 57.7 Å². The maximum Gasteiger partial charge on any atom is 0.417 e. The summed E-state index contributed by atoms with van der Waals surface area (Å²) in [6.45, 7) is 0. The number of anilines is 1. The first-order chi connectivity index (χ1) is 11.8. The summed E-state index contributed by atoms with van der Waals surface area (Å²) in [4.78, 5) is 12.4. The van der Waals surface area contributed by atoms with E-state index in [0.717, 1.165) is 29.6 Å². The largest absolute Gasteiger partial charge is 0.417 e. The lowest BCUT2D eigenvalue weighted by Gasteiger charge is -2.11. The van der Waals surface area contributed by atoms with Crippen LogP contribution in [0.1, 0.15) is 5.56 Å². The molecule has 0 saturated carbocycles. The number of alkyl halides is 3. The van der Waals surface area contributed by atoms with Gasteiger partial charge in [0.1, 0.15) is 11.0 Å². The summed E-state index contributed by atoms with van der Waals surface area (Å²) in [5, 5.41) is 2.32. The van der Waals surface area contributed by atoms with Crippen LogP contribution < -0.4 is 5.32 Å². The molecule has 0 aliphatic carbocycles. The van der Waals surface area contributed by atoms with Crippen LogP contribution in [0, 0.1) is 0 Å². The number of rotatable bonds is 4. The summed E-state index contributed by atoms with van der Waals surface area (Å²) in [6, 6.07) is 8.76. The lowest BCUT2D eigenvalue weighted by atomic mass is 10.2. The van der Waals surface area contributed by atoms with Gasteiger partial charge < -0.3 is 5.32 Å². The molecule has 0 atom stereocenters. The van der Waals surface area contributed by atoms with Crippen molar-refractivity contribution in [1.29, 1.82) is 0 Å². The molecule has 1 N–H and O–H groups in total. The predicted octanol–water partition coefficient (Wildman–Crippen LogP) is 5.09. The number of nitrogens with zero attached hydrogens (tertiary/aromatic N) is 2. The first-order valence-corrected chi connectivity index (χ1v) is 8.94. The second kappa shape index (κ2) is 7.19. The average Bonchev–Trinajstić information content (AvgIpc) is 3.03. The standard InChI is InChI=1S/C15H9ClF3N3OS2/c16-10-5-4-8(6-9(10)15(17,18)19)24-7-13(23)20-11-2-1-3-12-14(11)22-25-21-12/h1-6H,7H2,(H,20,23). The van der Waals surface area contributed by atoms with Gasteiger partial charge in [-0.2, -0.15) is 21.9 Å². The number of fused-ring (bicyclic) bond motifs is 1. The molecule has 3 aromatic rings. The number of aromatic nitrogens is 2. The Balaban J connectivity index is 1.68. The quantitative estimate of drug-likeness (QED) is 0.616. The number of hydrogen-bond acceptors (Lipinski definition) is 5. The Kier molecular flexibility index (Phi) is 5.16. The zero-order valence-electron chi connectivity index (χ0n) is 12.3. The van der Waals surface area contributed by atoms with Crippen molar-refractivity contribution in [2.75, 3.05) is 11.1 Å². The van der Waals surface area contributed by atoms with Crippen molar-refractivity contribution < 1.29 is 18.0 Å². The second-order valence-corrected chi connectivity index (χ2v) is 6.90. The smallest absolute Gasteiger partial charge is 0.323 e. The highest BCUT2D eigenvalue weighted by Gasteiger charge is 2.33. The number of carbonyl (C=O) groups excluding carboxylic acids is 1. The molecular weight excluding hydrogens is 395 g/mol. The van der Waals surface area contributed by atoms with Crippen molar-refractivity contribution in [1.82, 2.24) is 8.75 Å². The van der Waals surface area contributed by atoms with E-state index in [4.69, 9.17) is 11.6 Å². The Hall–Kier alpha value is -1.84. The van der Waals surface area contributed by atoms with Crippen LogP contribution in [0.4, 0.5) is 18.9 Å². The first kappa shape index (κ1) is 18.0. The van der Waals surface area contributed by atoms with Crippen LogP contribution in [0.25, 0.3) is 11.0 Å². The minimum atomic E-state index is -4.54. The second-order valence-electron chi connectivity index (χ2n) is 4.91. The summed E-state index contributed by atoms with van der Waals surface area (Å²) in [6.07, 6.45) is -4.54. The van der Waals surface area contributed by atoms with Gasteiger partial charge in [-0.15, -0.1) is 11.8 Å². The van der Waals surface area contributed by atoms with Crippen molar-refractivity contribution in [2.24, 2.45) is 0 Å².